The minimum absolute atomic E-state index is 0.265. The molecule has 27 heavy (non-hydrogen) atoms. The van der Waals surface area contributed by atoms with Gasteiger partial charge in [0.25, 0.3) is 0 Å². The molecule has 0 bridgehead atoms. The van der Waals surface area contributed by atoms with Gasteiger partial charge in [-0.25, -0.2) is 9.37 Å². The van der Waals surface area contributed by atoms with E-state index in [-0.39, 0.29) is 5.82 Å². The van der Waals surface area contributed by atoms with E-state index in [0.29, 0.717) is 11.8 Å². The van der Waals surface area contributed by atoms with E-state index < -0.39 is 0 Å². The second kappa shape index (κ2) is 8.03. The van der Waals surface area contributed by atoms with Crippen LogP contribution in [0.2, 0.25) is 0 Å². The van der Waals surface area contributed by atoms with Crippen LogP contribution in [0.3, 0.4) is 0 Å². The number of nitrogens with zero attached hydrogens (tertiary/aromatic N) is 3. The molecule has 1 aliphatic heterocycles. The molecular formula is C21H22FN5. The molecule has 1 aliphatic rings. The van der Waals surface area contributed by atoms with E-state index in [1.165, 1.54) is 37.1 Å². The predicted octanol–water partition coefficient (Wildman–Crippen LogP) is 5.09. The van der Waals surface area contributed by atoms with Crippen molar-refractivity contribution in [2.45, 2.75) is 19.3 Å². The van der Waals surface area contributed by atoms with Gasteiger partial charge in [0.1, 0.15) is 11.6 Å². The number of hydrogen-bond donors (Lipinski definition) is 2. The fraction of sp³-hybridized carbons (Fsp3) is 0.238. The zero-order valence-corrected chi connectivity index (χ0v) is 15.0. The van der Waals surface area contributed by atoms with Gasteiger partial charge in [0.15, 0.2) is 0 Å². The molecule has 0 unspecified atom stereocenters. The zero-order chi connectivity index (χ0) is 18.5. The summed E-state index contributed by atoms with van der Waals surface area (Å²) in [5.41, 5.74) is 2.97. The standard InChI is InChI=1S/C21H22FN5/c22-16-4-6-17(7-5-16)24-20-12-13-23-21(26-20)25-18-8-10-19(11-9-18)27-14-2-1-3-15-27/h4-13H,1-3,14-15H2,(H2,23,24,25,26). The first kappa shape index (κ1) is 17.3. The molecule has 0 saturated carbocycles. The van der Waals surface area contributed by atoms with Crippen LogP contribution < -0.4 is 15.5 Å². The lowest BCUT2D eigenvalue weighted by Crippen LogP contribution is -2.29. The van der Waals surface area contributed by atoms with Crippen LogP contribution in [-0.4, -0.2) is 23.1 Å². The van der Waals surface area contributed by atoms with E-state index in [2.05, 4.69) is 37.6 Å². The first-order valence-corrected chi connectivity index (χ1v) is 9.24. The van der Waals surface area contributed by atoms with Crippen LogP contribution in [0, 0.1) is 5.82 Å². The number of piperidine rings is 1. The molecule has 0 atom stereocenters. The van der Waals surface area contributed by atoms with Gasteiger partial charge in [0.2, 0.25) is 5.95 Å². The summed E-state index contributed by atoms with van der Waals surface area (Å²) in [6.07, 6.45) is 5.54. The number of halogens is 1. The molecule has 3 aromatic rings. The number of rotatable bonds is 5. The quantitative estimate of drug-likeness (QED) is 0.661. The highest BCUT2D eigenvalue weighted by Gasteiger charge is 2.10. The number of anilines is 5. The summed E-state index contributed by atoms with van der Waals surface area (Å²) in [7, 11) is 0. The van der Waals surface area contributed by atoms with Crippen molar-refractivity contribution in [3.8, 4) is 0 Å². The van der Waals surface area contributed by atoms with Crippen LogP contribution in [0.5, 0.6) is 0 Å². The van der Waals surface area contributed by atoms with Crippen LogP contribution in [0.1, 0.15) is 19.3 Å². The monoisotopic (exact) mass is 363 g/mol. The summed E-state index contributed by atoms with van der Waals surface area (Å²) < 4.78 is 13.0. The molecule has 0 spiro atoms. The fourth-order valence-corrected chi connectivity index (χ4v) is 3.21. The smallest absolute Gasteiger partial charge is 0.229 e. The Labute approximate surface area is 158 Å². The lowest BCUT2D eigenvalue weighted by atomic mass is 10.1. The third-order valence-corrected chi connectivity index (χ3v) is 4.62. The van der Waals surface area contributed by atoms with Crippen LogP contribution in [0.15, 0.2) is 60.8 Å². The predicted molar refractivity (Wildman–Crippen MR) is 108 cm³/mol. The third kappa shape index (κ3) is 4.53. The molecule has 1 fully saturated rings. The van der Waals surface area contributed by atoms with E-state index in [1.807, 2.05) is 12.1 Å². The Morgan fingerprint density at radius 3 is 2.19 bits per heavy atom. The van der Waals surface area contributed by atoms with Crippen molar-refractivity contribution in [3.05, 3.63) is 66.6 Å². The Kier molecular flexibility index (Phi) is 5.14. The molecule has 1 saturated heterocycles. The van der Waals surface area contributed by atoms with Gasteiger partial charge in [0, 0.05) is 36.3 Å². The van der Waals surface area contributed by atoms with Crippen molar-refractivity contribution in [2.75, 3.05) is 28.6 Å². The lowest BCUT2D eigenvalue weighted by Gasteiger charge is -2.28. The average molecular weight is 363 g/mol. The van der Waals surface area contributed by atoms with Gasteiger partial charge in [-0.15, -0.1) is 0 Å². The van der Waals surface area contributed by atoms with Gasteiger partial charge in [-0.3, -0.25) is 0 Å². The Balaban J connectivity index is 1.42. The van der Waals surface area contributed by atoms with Crippen molar-refractivity contribution in [1.82, 2.24) is 9.97 Å². The van der Waals surface area contributed by atoms with Gasteiger partial charge in [-0.05, 0) is 73.9 Å². The van der Waals surface area contributed by atoms with E-state index in [4.69, 9.17) is 0 Å². The topological polar surface area (TPSA) is 53.1 Å². The van der Waals surface area contributed by atoms with Crippen LogP contribution in [-0.2, 0) is 0 Å². The maximum atomic E-state index is 13.0. The van der Waals surface area contributed by atoms with E-state index >= 15 is 0 Å². The highest BCUT2D eigenvalue weighted by atomic mass is 19.1. The SMILES string of the molecule is Fc1ccc(Nc2ccnc(Nc3ccc(N4CCCCC4)cc3)n2)cc1. The van der Waals surface area contributed by atoms with E-state index in [1.54, 1.807) is 24.4 Å². The first-order valence-electron chi connectivity index (χ1n) is 9.24. The van der Waals surface area contributed by atoms with Crippen molar-refractivity contribution in [3.63, 3.8) is 0 Å². The maximum absolute atomic E-state index is 13.0. The molecule has 6 heteroatoms. The van der Waals surface area contributed by atoms with Crippen molar-refractivity contribution in [1.29, 1.82) is 0 Å². The second-order valence-electron chi connectivity index (χ2n) is 6.62. The normalized spacial score (nSPS) is 14.0. The fourth-order valence-electron chi connectivity index (χ4n) is 3.21. The number of benzene rings is 2. The van der Waals surface area contributed by atoms with Crippen LogP contribution in [0.25, 0.3) is 0 Å². The number of nitrogens with one attached hydrogen (secondary N) is 2. The molecule has 138 valence electrons. The highest BCUT2D eigenvalue weighted by molar-refractivity contribution is 5.61. The van der Waals surface area contributed by atoms with Crippen LogP contribution in [0.4, 0.5) is 33.2 Å². The molecule has 1 aromatic heterocycles. The van der Waals surface area contributed by atoms with Gasteiger partial charge in [-0.1, -0.05) is 0 Å². The molecule has 0 aliphatic carbocycles. The molecule has 0 radical (unpaired) electrons. The summed E-state index contributed by atoms with van der Waals surface area (Å²) in [5.74, 6) is 0.885. The van der Waals surface area contributed by atoms with Crippen molar-refractivity contribution < 1.29 is 4.39 Å². The largest absolute Gasteiger partial charge is 0.372 e. The summed E-state index contributed by atoms with van der Waals surface area (Å²) in [6.45, 7) is 2.26. The Morgan fingerprint density at radius 2 is 1.44 bits per heavy atom. The molecule has 0 amide bonds. The summed E-state index contributed by atoms with van der Waals surface area (Å²) in [5, 5.41) is 6.37. The minimum atomic E-state index is -0.265. The van der Waals surface area contributed by atoms with E-state index in [0.717, 1.165) is 24.5 Å². The van der Waals surface area contributed by atoms with Crippen molar-refractivity contribution in [2.24, 2.45) is 0 Å². The molecule has 4 rings (SSSR count). The Bertz CT molecular complexity index is 874. The summed E-state index contributed by atoms with van der Waals surface area (Å²) in [6, 6.07) is 16.3. The first-order chi connectivity index (χ1) is 13.3. The van der Waals surface area contributed by atoms with Crippen molar-refractivity contribution >= 4 is 28.8 Å². The molecule has 2 aromatic carbocycles. The highest BCUT2D eigenvalue weighted by Crippen LogP contribution is 2.23. The number of aromatic nitrogens is 2. The minimum Gasteiger partial charge on any atom is -0.372 e. The van der Waals surface area contributed by atoms with E-state index in [9.17, 15) is 4.39 Å². The number of hydrogen-bond acceptors (Lipinski definition) is 5. The Morgan fingerprint density at radius 1 is 0.778 bits per heavy atom. The third-order valence-electron chi connectivity index (χ3n) is 4.62. The molecule has 2 N–H and O–H groups in total. The van der Waals surface area contributed by atoms with Gasteiger partial charge < -0.3 is 15.5 Å². The molecule has 5 nitrogen and oxygen atoms in total. The van der Waals surface area contributed by atoms with Gasteiger partial charge in [0.05, 0.1) is 0 Å². The van der Waals surface area contributed by atoms with Gasteiger partial charge >= 0.3 is 0 Å². The summed E-state index contributed by atoms with van der Waals surface area (Å²) >= 11 is 0. The molecule has 2 heterocycles. The van der Waals surface area contributed by atoms with Gasteiger partial charge in [-0.2, -0.15) is 4.98 Å². The lowest BCUT2D eigenvalue weighted by molar-refractivity contribution is 0.578. The summed E-state index contributed by atoms with van der Waals surface area (Å²) in [4.78, 5) is 11.2. The Hall–Kier alpha value is -3.15. The van der Waals surface area contributed by atoms with Crippen LogP contribution >= 0.6 is 0 Å². The second-order valence-corrected chi connectivity index (χ2v) is 6.62. The molecular weight excluding hydrogens is 341 g/mol. The average Bonchev–Trinajstić information content (AvgIpc) is 2.71. The maximum Gasteiger partial charge on any atom is 0.229 e. The zero-order valence-electron chi connectivity index (χ0n) is 15.0.